The lowest BCUT2D eigenvalue weighted by molar-refractivity contribution is -0.137. The van der Waals surface area contributed by atoms with E-state index in [1.807, 2.05) is 0 Å². The van der Waals surface area contributed by atoms with Gasteiger partial charge in [-0.25, -0.2) is 8.60 Å². The van der Waals surface area contributed by atoms with Crippen molar-refractivity contribution < 1.29 is 36.5 Å². The molecule has 4 rings (SSSR count). The molecule has 1 heterocycles. The number of rotatable bonds is 7. The van der Waals surface area contributed by atoms with Crippen molar-refractivity contribution in [2.24, 2.45) is 0 Å². The van der Waals surface area contributed by atoms with Crippen LogP contribution < -0.4 is 4.74 Å². The summed E-state index contributed by atoms with van der Waals surface area (Å²) in [7, 11) is -2.00. The van der Waals surface area contributed by atoms with Crippen molar-refractivity contribution >= 4 is 28.5 Å². The molecule has 2 aromatic carbocycles. The van der Waals surface area contributed by atoms with Crippen LogP contribution in [0.25, 0.3) is 0 Å². The fourth-order valence-electron chi connectivity index (χ4n) is 4.34. The molecule has 6 nitrogen and oxygen atoms in total. The minimum absolute atomic E-state index is 0.0118. The fraction of sp³-hybridized carbons (Fsp3) is 0.458. The summed E-state index contributed by atoms with van der Waals surface area (Å²) in [5, 5.41) is 9.30. The Balaban J connectivity index is 1.41. The van der Waals surface area contributed by atoms with E-state index in [-0.39, 0.29) is 32.8 Å². The van der Waals surface area contributed by atoms with Gasteiger partial charge in [-0.05, 0) is 73.1 Å². The van der Waals surface area contributed by atoms with Crippen LogP contribution in [0.15, 0.2) is 30.3 Å². The second kappa shape index (κ2) is 10.6. The molecule has 0 radical (unpaired) electrons. The summed E-state index contributed by atoms with van der Waals surface area (Å²) in [6, 6.07) is 6.23. The van der Waals surface area contributed by atoms with Gasteiger partial charge in [-0.3, -0.25) is 14.9 Å². The van der Waals surface area contributed by atoms with Gasteiger partial charge < -0.3 is 4.74 Å². The summed E-state index contributed by atoms with van der Waals surface area (Å²) in [5.74, 6) is -1.56. The molecular weight excluding hydrogens is 524 g/mol. The lowest BCUT2D eigenvalue weighted by atomic mass is 9.97. The number of carbonyl (C=O) groups excluding carboxylic acids is 1. The number of hydroxylamine groups is 1. The Morgan fingerprint density at radius 1 is 1.19 bits per heavy atom. The summed E-state index contributed by atoms with van der Waals surface area (Å²) < 4.78 is 71.4. The standard InChI is InChI=1S/C24H25ClF4N2O4S/c1-36(34)31(33)23(32)19-12-18(14-2-3-14)15(10-22(19)26)13-30-8-6-16(7-9-30)35-17-4-5-21(25)20(11-17)24(27,28)29/h4-5,10-12,14,16,33H,2-3,6-9,13H2,1H3. The molecule has 1 aliphatic carbocycles. The maximum atomic E-state index is 14.8. The Bertz CT molecular complexity index is 1170. The number of likely N-dealkylation sites (tertiary alicyclic amines) is 1. The van der Waals surface area contributed by atoms with Crippen molar-refractivity contribution in [1.29, 1.82) is 0 Å². The number of piperidine rings is 1. The molecule has 2 aromatic rings. The zero-order valence-corrected chi connectivity index (χ0v) is 20.9. The van der Waals surface area contributed by atoms with E-state index in [4.69, 9.17) is 16.3 Å². The summed E-state index contributed by atoms with van der Waals surface area (Å²) in [6.07, 6.45) is -0.766. The highest BCUT2D eigenvalue weighted by Crippen LogP contribution is 2.43. The molecule has 0 spiro atoms. The fourth-order valence-corrected chi connectivity index (χ4v) is 4.90. The van der Waals surface area contributed by atoms with Gasteiger partial charge in [-0.1, -0.05) is 11.6 Å². The molecule has 2 aliphatic rings. The quantitative estimate of drug-likeness (QED) is 0.279. The summed E-state index contributed by atoms with van der Waals surface area (Å²) in [6.45, 7) is 1.62. The van der Waals surface area contributed by atoms with Gasteiger partial charge in [0, 0.05) is 25.9 Å². The van der Waals surface area contributed by atoms with Crippen LogP contribution in [0.4, 0.5) is 17.6 Å². The molecule has 0 aromatic heterocycles. The number of amides is 1. The number of nitrogens with zero attached hydrogens (tertiary/aromatic N) is 2. The predicted octanol–water partition coefficient (Wildman–Crippen LogP) is 5.54. The first-order valence-electron chi connectivity index (χ1n) is 11.4. The molecule has 1 saturated carbocycles. The number of ether oxygens (including phenoxy) is 1. The maximum Gasteiger partial charge on any atom is 0.417 e. The van der Waals surface area contributed by atoms with Crippen LogP contribution in [0.5, 0.6) is 5.75 Å². The Kier molecular flexibility index (Phi) is 7.94. The van der Waals surface area contributed by atoms with Crippen molar-refractivity contribution in [1.82, 2.24) is 9.37 Å². The van der Waals surface area contributed by atoms with Gasteiger partial charge >= 0.3 is 6.18 Å². The van der Waals surface area contributed by atoms with Gasteiger partial charge in [0.15, 0.2) is 0 Å². The van der Waals surface area contributed by atoms with Crippen molar-refractivity contribution in [2.75, 3.05) is 19.3 Å². The monoisotopic (exact) mass is 548 g/mol. The lowest BCUT2D eigenvalue weighted by Crippen LogP contribution is -2.38. The molecule has 2 fully saturated rings. The zero-order valence-electron chi connectivity index (χ0n) is 19.4. The molecule has 1 atom stereocenters. The van der Waals surface area contributed by atoms with Crippen molar-refractivity contribution in [2.45, 2.75) is 50.4 Å². The first kappa shape index (κ1) is 26.8. The Hall–Kier alpha value is -2.21. The Morgan fingerprint density at radius 2 is 1.86 bits per heavy atom. The van der Waals surface area contributed by atoms with Crippen molar-refractivity contribution in [3.05, 3.63) is 63.4 Å². The van der Waals surface area contributed by atoms with Crippen LogP contribution >= 0.6 is 11.6 Å². The molecule has 1 N–H and O–H groups in total. The Morgan fingerprint density at radius 3 is 2.44 bits per heavy atom. The highest BCUT2D eigenvalue weighted by atomic mass is 35.5. The highest BCUT2D eigenvalue weighted by molar-refractivity contribution is 7.82. The zero-order chi connectivity index (χ0) is 26.2. The molecule has 196 valence electrons. The number of hydrogen-bond donors (Lipinski definition) is 1. The summed E-state index contributed by atoms with van der Waals surface area (Å²) >= 11 is 5.67. The minimum atomic E-state index is -4.57. The van der Waals surface area contributed by atoms with Crippen LogP contribution in [0.2, 0.25) is 5.02 Å². The number of hydrogen-bond acceptors (Lipinski definition) is 5. The van der Waals surface area contributed by atoms with Gasteiger partial charge in [0.05, 0.1) is 16.1 Å². The third kappa shape index (κ3) is 6.19. The van der Waals surface area contributed by atoms with E-state index in [9.17, 15) is 31.8 Å². The number of benzene rings is 2. The normalized spacial score (nSPS) is 18.2. The first-order chi connectivity index (χ1) is 16.9. The van der Waals surface area contributed by atoms with Gasteiger partial charge in [-0.2, -0.15) is 13.2 Å². The highest BCUT2D eigenvalue weighted by Gasteiger charge is 2.34. The van der Waals surface area contributed by atoms with Crippen LogP contribution in [0.3, 0.4) is 0 Å². The second-order valence-corrected chi connectivity index (χ2v) is 10.6. The van der Waals surface area contributed by atoms with Crippen LogP contribution in [0.1, 0.15) is 58.6 Å². The largest absolute Gasteiger partial charge is 0.490 e. The molecule has 1 amide bonds. The van der Waals surface area contributed by atoms with E-state index >= 15 is 0 Å². The lowest BCUT2D eigenvalue weighted by Gasteiger charge is -2.33. The number of alkyl halides is 3. The third-order valence-corrected chi connectivity index (χ3v) is 7.35. The van der Waals surface area contributed by atoms with Gasteiger partial charge in [-0.15, -0.1) is 4.47 Å². The van der Waals surface area contributed by atoms with E-state index in [1.54, 1.807) is 0 Å². The van der Waals surface area contributed by atoms with Crippen LogP contribution in [-0.4, -0.2) is 50.1 Å². The second-order valence-electron chi connectivity index (χ2n) is 9.04. The smallest absolute Gasteiger partial charge is 0.417 e. The van der Waals surface area contributed by atoms with Gasteiger partial charge in [0.1, 0.15) is 28.7 Å². The van der Waals surface area contributed by atoms with Crippen molar-refractivity contribution in [3.63, 3.8) is 0 Å². The average molecular weight is 549 g/mol. The topological polar surface area (TPSA) is 70.1 Å². The van der Waals surface area contributed by atoms with E-state index in [0.29, 0.717) is 32.5 Å². The predicted molar refractivity (Wildman–Crippen MR) is 126 cm³/mol. The van der Waals surface area contributed by atoms with Crippen LogP contribution in [0, 0.1) is 5.82 Å². The molecule has 0 bridgehead atoms. The van der Waals surface area contributed by atoms with E-state index in [1.165, 1.54) is 24.3 Å². The first-order valence-corrected chi connectivity index (χ1v) is 13.3. The number of halogens is 5. The summed E-state index contributed by atoms with van der Waals surface area (Å²) in [4.78, 5) is 14.4. The van der Waals surface area contributed by atoms with Gasteiger partial charge in [0.2, 0.25) is 0 Å². The molecule has 12 heteroatoms. The molecule has 1 saturated heterocycles. The average Bonchev–Trinajstić information content (AvgIpc) is 3.65. The molecule has 1 unspecified atom stereocenters. The molecule has 1 aliphatic heterocycles. The van der Waals surface area contributed by atoms with Crippen molar-refractivity contribution in [3.8, 4) is 5.75 Å². The minimum Gasteiger partial charge on any atom is -0.490 e. The Labute approximate surface area is 213 Å². The maximum absolute atomic E-state index is 14.8. The van der Waals surface area contributed by atoms with E-state index in [2.05, 4.69) is 4.90 Å². The van der Waals surface area contributed by atoms with Crippen LogP contribution in [-0.2, 0) is 23.7 Å². The van der Waals surface area contributed by atoms with E-state index in [0.717, 1.165) is 36.3 Å². The molecular formula is C24H25ClF4N2O4S. The third-order valence-electron chi connectivity index (χ3n) is 6.37. The number of carbonyl (C=O) groups is 1. The summed E-state index contributed by atoms with van der Waals surface area (Å²) in [5.41, 5.74) is 0.298. The van der Waals surface area contributed by atoms with Gasteiger partial charge in [0.25, 0.3) is 5.91 Å². The van der Waals surface area contributed by atoms with E-state index < -0.39 is 34.4 Å². The molecule has 36 heavy (non-hydrogen) atoms. The SMILES string of the molecule is CS(=O)N(O)C(=O)c1cc(C2CC2)c(CN2CCC(Oc3ccc(Cl)c(C(F)(F)F)c3)CC2)cc1F.